The van der Waals surface area contributed by atoms with Crippen molar-refractivity contribution in [3.8, 4) is 16.9 Å². The van der Waals surface area contributed by atoms with Gasteiger partial charge in [0.15, 0.2) is 6.61 Å². The molecule has 62 heavy (non-hydrogen) atoms. The highest BCUT2D eigenvalue weighted by Crippen LogP contribution is 2.21. The summed E-state index contributed by atoms with van der Waals surface area (Å²) >= 11 is 1.41. The smallest absolute Gasteiger partial charge is 0.266 e. The Labute approximate surface area is 364 Å². The molecule has 2 bridgehead atoms. The fourth-order valence-corrected chi connectivity index (χ4v) is 8.22. The predicted octanol–water partition coefficient (Wildman–Crippen LogP) is 3.75. The van der Waals surface area contributed by atoms with Gasteiger partial charge in [0.05, 0.1) is 5.75 Å². The molecule has 14 nitrogen and oxygen atoms in total. The van der Waals surface area contributed by atoms with Crippen LogP contribution in [0.1, 0.15) is 28.0 Å². The van der Waals surface area contributed by atoms with Crippen molar-refractivity contribution >= 4 is 51.0 Å². The second-order valence-corrected chi connectivity index (χ2v) is 17.7. The quantitative estimate of drug-likeness (QED) is 0.0915. The molecule has 0 radical (unpaired) electrons. The predicted molar refractivity (Wildman–Crippen MR) is 236 cm³/mol. The van der Waals surface area contributed by atoms with Gasteiger partial charge in [0.25, 0.3) is 16.0 Å². The molecule has 7 rings (SSSR count). The molecule has 4 aromatic carbocycles. The summed E-state index contributed by atoms with van der Waals surface area (Å²) in [6.07, 6.45) is 0.594. The molecule has 0 spiro atoms. The van der Waals surface area contributed by atoms with E-state index in [9.17, 15) is 36.9 Å². The highest BCUT2D eigenvalue weighted by atomic mass is 32.2. The second kappa shape index (κ2) is 21.4. The van der Waals surface area contributed by atoms with E-state index in [1.165, 1.54) is 18.4 Å². The van der Waals surface area contributed by atoms with Crippen molar-refractivity contribution in [3.63, 3.8) is 0 Å². The van der Waals surface area contributed by atoms with Gasteiger partial charge in [0.2, 0.25) is 23.6 Å². The average molecular weight is 880 g/mol. The first kappa shape index (κ1) is 45.2. The lowest BCUT2D eigenvalue weighted by Gasteiger charge is -2.28. The molecule has 3 heterocycles. The van der Waals surface area contributed by atoms with E-state index in [0.717, 1.165) is 26.5 Å². The monoisotopic (exact) mass is 879 g/mol. The molecule has 1 aromatic heterocycles. The van der Waals surface area contributed by atoms with Crippen molar-refractivity contribution in [1.82, 2.24) is 26.2 Å². The van der Waals surface area contributed by atoms with Crippen LogP contribution in [0.3, 0.4) is 0 Å². The van der Waals surface area contributed by atoms with Crippen molar-refractivity contribution in [2.45, 2.75) is 56.3 Å². The third-order valence-electron chi connectivity index (χ3n) is 10.4. The number of aryl methyl sites for hydroxylation is 1. The van der Waals surface area contributed by atoms with Crippen LogP contribution < -0.4 is 26.0 Å². The van der Waals surface area contributed by atoms with Crippen LogP contribution in [0.4, 0.5) is 0 Å². The molecule has 5 N–H and O–H groups in total. The summed E-state index contributed by atoms with van der Waals surface area (Å²) < 4.78 is 38.2. The summed E-state index contributed by atoms with van der Waals surface area (Å²) in [4.78, 5) is 72.4. The van der Waals surface area contributed by atoms with Gasteiger partial charge >= 0.3 is 0 Å². The Hall–Kier alpha value is -6.36. The van der Waals surface area contributed by atoms with Crippen molar-refractivity contribution in [3.05, 3.63) is 148 Å². The van der Waals surface area contributed by atoms with Crippen molar-refractivity contribution < 1.29 is 41.7 Å². The third kappa shape index (κ3) is 13.6. The number of carbonyl (C=O) groups excluding carboxylic acids is 5. The number of likely N-dealkylation sites (N-methyl/N-ethyl adjacent to an activating group) is 1. The van der Waals surface area contributed by atoms with Gasteiger partial charge in [-0.05, 0) is 64.2 Å². The summed E-state index contributed by atoms with van der Waals surface area (Å²) in [6, 6.07) is 32.1. The van der Waals surface area contributed by atoms with Gasteiger partial charge in [-0.1, -0.05) is 103 Å². The molecule has 4 atom stereocenters. The first-order valence-corrected chi connectivity index (χ1v) is 22.6. The van der Waals surface area contributed by atoms with Gasteiger partial charge in [0.1, 0.15) is 29.9 Å². The first-order valence-electron chi connectivity index (χ1n) is 20.1. The number of benzene rings is 4. The van der Waals surface area contributed by atoms with E-state index >= 15 is 0 Å². The Bertz CT molecular complexity index is 2400. The van der Waals surface area contributed by atoms with E-state index in [0.29, 0.717) is 23.3 Å². The zero-order valence-corrected chi connectivity index (χ0v) is 35.7. The molecule has 0 aliphatic carbocycles. The molecule has 0 saturated heterocycles. The van der Waals surface area contributed by atoms with E-state index in [4.69, 9.17) is 4.74 Å². The lowest BCUT2D eigenvalue weighted by molar-refractivity contribution is -0.137. The number of amides is 5. The molecular formula is C46H49N5O9S2. The van der Waals surface area contributed by atoms with E-state index in [2.05, 4.69) is 21.3 Å². The normalized spacial score (nSPS) is 19.1. The standard InChI is InChI=1S/C46H49N5O9S2/c1-51(24-26-62(57,58)59)46(56)41-28-33-16-21-36(22-17-33)60-30-42(52)47-40(29-37-13-8-25-61-37)45(55)49-39(27-32-14-19-35(20-15-32)34-11-6-3-7-12-34)44(54)48-38(43(53)50-41)23-18-31-9-4-2-5-10-31/h2-17,19-22,25,38-41H,18,23-24,26-30H2,1H3,(H,47,52)(H,48,54)(H,49,55)(H,50,53)(H,57,58,59)/t38-,39+,40-,41-/m0/s1. The minimum Gasteiger partial charge on any atom is -0.484 e. The largest absolute Gasteiger partial charge is 0.484 e. The highest BCUT2D eigenvalue weighted by Gasteiger charge is 2.33. The zero-order chi connectivity index (χ0) is 44.1. The third-order valence-corrected chi connectivity index (χ3v) is 12.0. The second-order valence-electron chi connectivity index (χ2n) is 15.1. The van der Waals surface area contributed by atoms with Crippen LogP contribution in [0.5, 0.6) is 5.75 Å². The number of ether oxygens (including phenoxy) is 1. The van der Waals surface area contributed by atoms with E-state index in [-0.39, 0.29) is 32.2 Å². The molecule has 2 aliphatic rings. The summed E-state index contributed by atoms with van der Waals surface area (Å²) in [7, 11) is -3.05. The number of hydrogen-bond donors (Lipinski definition) is 5. The Balaban J connectivity index is 1.35. The maximum absolute atomic E-state index is 14.6. The number of carbonyl (C=O) groups is 5. The Morgan fingerprint density at radius 2 is 1.32 bits per heavy atom. The maximum atomic E-state index is 14.6. The van der Waals surface area contributed by atoms with E-state index in [1.54, 1.807) is 24.3 Å². The maximum Gasteiger partial charge on any atom is 0.266 e. The van der Waals surface area contributed by atoms with Gasteiger partial charge in [-0.2, -0.15) is 8.42 Å². The molecule has 5 aromatic rings. The average Bonchev–Trinajstić information content (AvgIpc) is 3.79. The SMILES string of the molecule is CN(CCS(=O)(=O)O)C(=O)[C@@H]1Cc2ccc(cc2)OCC(=O)N[C@@H](Cc2cccs2)C(=O)N[C@H](Cc2ccc(-c3ccccc3)cc2)C(=O)N[C@@H](CCc2ccccc2)C(=O)N1. The first-order chi connectivity index (χ1) is 29.8. The van der Waals surface area contributed by atoms with Gasteiger partial charge < -0.3 is 30.9 Å². The number of fused-ring (bicyclic) bond motifs is 16. The van der Waals surface area contributed by atoms with E-state index < -0.39 is 76.2 Å². The summed E-state index contributed by atoms with van der Waals surface area (Å²) in [5.74, 6) is -3.60. The molecule has 0 fully saturated rings. The highest BCUT2D eigenvalue weighted by molar-refractivity contribution is 7.85. The van der Waals surface area contributed by atoms with Gasteiger partial charge in [-0.15, -0.1) is 11.3 Å². The summed E-state index contributed by atoms with van der Waals surface area (Å²) in [5.41, 5.74) is 4.14. The fourth-order valence-electron chi connectivity index (χ4n) is 6.96. The summed E-state index contributed by atoms with van der Waals surface area (Å²) in [6.45, 7) is -0.779. The Kier molecular flexibility index (Phi) is 15.6. The van der Waals surface area contributed by atoms with Crippen LogP contribution in [0.25, 0.3) is 11.1 Å². The Morgan fingerprint density at radius 1 is 0.710 bits per heavy atom. The number of rotatable bonds is 12. The van der Waals surface area contributed by atoms with E-state index in [1.807, 2.05) is 102 Å². The minimum atomic E-state index is -4.40. The minimum absolute atomic E-state index is 0.0239. The lowest BCUT2D eigenvalue weighted by atomic mass is 9.99. The molecular weight excluding hydrogens is 831 g/mol. The van der Waals surface area contributed by atoms with Crippen molar-refractivity contribution in [2.75, 3.05) is 26.0 Å². The Morgan fingerprint density at radius 3 is 1.97 bits per heavy atom. The van der Waals surface area contributed by atoms with Crippen LogP contribution in [0.2, 0.25) is 0 Å². The van der Waals surface area contributed by atoms with Crippen LogP contribution in [0, 0.1) is 0 Å². The number of nitrogens with one attached hydrogen (secondary N) is 4. The molecule has 0 unspecified atom stereocenters. The van der Waals surface area contributed by atoms with Crippen LogP contribution in [-0.2, 0) is 59.8 Å². The zero-order valence-electron chi connectivity index (χ0n) is 34.1. The molecule has 5 amide bonds. The van der Waals surface area contributed by atoms with Crippen LogP contribution >= 0.6 is 11.3 Å². The lowest BCUT2D eigenvalue weighted by Crippen LogP contribution is -2.59. The van der Waals surface area contributed by atoms with Crippen LogP contribution in [-0.4, -0.2) is 97.5 Å². The fraction of sp³-hybridized carbons (Fsp3) is 0.283. The molecule has 324 valence electrons. The number of hydrogen-bond acceptors (Lipinski definition) is 9. The topological polar surface area (TPSA) is 200 Å². The van der Waals surface area contributed by atoms with Gasteiger partial charge in [-0.25, -0.2) is 0 Å². The number of nitrogens with zero attached hydrogens (tertiary/aromatic N) is 1. The van der Waals surface area contributed by atoms with Crippen LogP contribution in [0.15, 0.2) is 127 Å². The molecule has 2 aliphatic heterocycles. The van der Waals surface area contributed by atoms with Gasteiger partial charge in [-0.3, -0.25) is 28.5 Å². The van der Waals surface area contributed by atoms with Gasteiger partial charge in [0, 0.05) is 37.7 Å². The number of thiophene rings is 1. The molecule has 0 saturated carbocycles. The van der Waals surface area contributed by atoms with Crippen molar-refractivity contribution in [1.29, 1.82) is 0 Å². The van der Waals surface area contributed by atoms with Crippen molar-refractivity contribution in [2.24, 2.45) is 0 Å². The summed E-state index contributed by atoms with van der Waals surface area (Å²) in [5, 5.41) is 13.2. The molecule has 16 heteroatoms.